The Morgan fingerprint density at radius 3 is 2.85 bits per heavy atom. The van der Waals surface area contributed by atoms with E-state index >= 15 is 0 Å². The Morgan fingerprint density at radius 1 is 1.15 bits per heavy atom. The molecule has 4 nitrogen and oxygen atoms in total. The van der Waals surface area contributed by atoms with Crippen molar-refractivity contribution in [2.45, 2.75) is 32.6 Å². The third-order valence-corrected chi connectivity index (χ3v) is 6.94. The number of aromatic nitrogens is 1. The molecule has 0 bridgehead atoms. The Labute approximate surface area is 197 Å². The maximum Gasteiger partial charge on any atom is 0.119 e. The summed E-state index contributed by atoms with van der Waals surface area (Å²) in [6, 6.07) is 16.5. The van der Waals surface area contributed by atoms with Gasteiger partial charge in [-0.2, -0.15) is 0 Å². The molecule has 33 heavy (non-hydrogen) atoms. The van der Waals surface area contributed by atoms with E-state index in [2.05, 4.69) is 52.9 Å². The Morgan fingerprint density at radius 2 is 2.03 bits per heavy atom. The van der Waals surface area contributed by atoms with Crippen molar-refractivity contribution in [2.24, 2.45) is 11.8 Å². The van der Waals surface area contributed by atoms with E-state index in [1.165, 1.54) is 16.5 Å². The van der Waals surface area contributed by atoms with Gasteiger partial charge in [-0.1, -0.05) is 30.0 Å². The van der Waals surface area contributed by atoms with Gasteiger partial charge in [0.05, 0.1) is 19.2 Å². The zero-order valence-electron chi connectivity index (χ0n) is 19.8. The molecule has 1 N–H and O–H groups in total. The van der Waals surface area contributed by atoms with Gasteiger partial charge in [0.2, 0.25) is 0 Å². The lowest BCUT2D eigenvalue weighted by atomic mass is 9.82. The minimum atomic E-state index is 0.252. The maximum absolute atomic E-state index is 10.0. The number of aryl methyl sites for hydroxylation is 2. The lowest BCUT2D eigenvalue weighted by Gasteiger charge is -2.37. The highest BCUT2D eigenvalue weighted by atomic mass is 16.5. The van der Waals surface area contributed by atoms with Crippen LogP contribution in [0.15, 0.2) is 54.7 Å². The van der Waals surface area contributed by atoms with Crippen LogP contribution >= 0.6 is 0 Å². The molecule has 1 saturated heterocycles. The standard InChI is InChI=1S/C29H34N2O2/c1-22-7-3-4-8-23(22)11-6-17-31-18-15-24(26(20-31)21-32)9-5-10-25-14-16-30-29-13-12-27(33-2)19-28(25)29/h3-4,7-8,12-14,16,19,24,26,32H,5,9-10,15,17-18,20-21H2,1-2H3/t24-,26-/m1/s1. The number of benzene rings is 2. The maximum atomic E-state index is 10.0. The summed E-state index contributed by atoms with van der Waals surface area (Å²) in [6.45, 7) is 5.10. The normalized spacial score (nSPS) is 18.6. The van der Waals surface area contributed by atoms with E-state index < -0.39 is 0 Å². The number of fused-ring (bicyclic) bond motifs is 1. The molecule has 172 valence electrons. The number of nitrogens with zero attached hydrogens (tertiary/aromatic N) is 2. The lowest BCUT2D eigenvalue weighted by Crippen LogP contribution is -2.42. The average Bonchev–Trinajstić information content (AvgIpc) is 2.85. The van der Waals surface area contributed by atoms with Crippen LogP contribution in [0, 0.1) is 30.6 Å². The Bertz CT molecular complexity index is 1130. The van der Waals surface area contributed by atoms with Gasteiger partial charge in [0.1, 0.15) is 5.75 Å². The van der Waals surface area contributed by atoms with Crippen LogP contribution in [0.2, 0.25) is 0 Å². The molecular formula is C29H34N2O2. The number of methoxy groups -OCH3 is 1. The highest BCUT2D eigenvalue weighted by molar-refractivity contribution is 5.83. The van der Waals surface area contributed by atoms with Gasteiger partial charge in [0, 0.05) is 30.3 Å². The number of hydrogen-bond acceptors (Lipinski definition) is 4. The van der Waals surface area contributed by atoms with E-state index in [1.807, 2.05) is 30.5 Å². The summed E-state index contributed by atoms with van der Waals surface area (Å²) in [6.07, 6.45) is 6.30. The van der Waals surface area contributed by atoms with Crippen molar-refractivity contribution in [3.63, 3.8) is 0 Å². The van der Waals surface area contributed by atoms with Crippen LogP contribution in [0.1, 0.15) is 36.0 Å². The molecule has 0 aliphatic carbocycles. The Balaban J connectivity index is 1.31. The number of rotatable bonds is 7. The number of ether oxygens (including phenoxy) is 1. The lowest BCUT2D eigenvalue weighted by molar-refractivity contribution is 0.0748. The monoisotopic (exact) mass is 442 g/mol. The first-order chi connectivity index (χ1) is 16.2. The summed E-state index contributed by atoms with van der Waals surface area (Å²) in [4.78, 5) is 6.89. The second kappa shape index (κ2) is 11.3. The second-order valence-corrected chi connectivity index (χ2v) is 9.09. The summed E-state index contributed by atoms with van der Waals surface area (Å²) in [5, 5.41) is 11.2. The van der Waals surface area contributed by atoms with Gasteiger partial charge in [-0.3, -0.25) is 9.88 Å². The fourth-order valence-corrected chi connectivity index (χ4v) is 4.93. The molecule has 0 spiro atoms. The number of aliphatic hydroxyl groups excluding tert-OH is 1. The number of hydrogen-bond donors (Lipinski definition) is 1. The largest absolute Gasteiger partial charge is 0.497 e. The molecule has 1 aromatic heterocycles. The van der Waals surface area contributed by atoms with Gasteiger partial charge in [-0.05, 0) is 92.4 Å². The third-order valence-electron chi connectivity index (χ3n) is 6.94. The number of piperidine rings is 1. The van der Waals surface area contributed by atoms with Crippen molar-refractivity contribution in [2.75, 3.05) is 33.4 Å². The third kappa shape index (κ3) is 5.93. The summed E-state index contributed by atoms with van der Waals surface area (Å²) < 4.78 is 5.40. The summed E-state index contributed by atoms with van der Waals surface area (Å²) in [7, 11) is 1.70. The molecule has 2 heterocycles. The van der Waals surface area contributed by atoms with E-state index in [-0.39, 0.29) is 6.61 Å². The van der Waals surface area contributed by atoms with Crippen LogP contribution in [0.5, 0.6) is 5.75 Å². The molecule has 1 aliphatic rings. The molecule has 4 heteroatoms. The van der Waals surface area contributed by atoms with Crippen molar-refractivity contribution >= 4 is 10.9 Å². The van der Waals surface area contributed by atoms with Gasteiger partial charge < -0.3 is 9.84 Å². The van der Waals surface area contributed by atoms with E-state index in [4.69, 9.17) is 4.74 Å². The molecule has 0 saturated carbocycles. The topological polar surface area (TPSA) is 45.6 Å². The van der Waals surface area contributed by atoms with Crippen molar-refractivity contribution in [1.82, 2.24) is 9.88 Å². The molecule has 1 aliphatic heterocycles. The first-order valence-corrected chi connectivity index (χ1v) is 12.0. The average molecular weight is 443 g/mol. The number of likely N-dealkylation sites (tertiary alicyclic amines) is 1. The van der Waals surface area contributed by atoms with Gasteiger partial charge in [-0.25, -0.2) is 0 Å². The fourth-order valence-electron chi connectivity index (χ4n) is 4.93. The van der Waals surface area contributed by atoms with Gasteiger partial charge in [-0.15, -0.1) is 0 Å². The quantitative estimate of drug-likeness (QED) is 0.531. The zero-order valence-corrected chi connectivity index (χ0v) is 19.8. The van der Waals surface area contributed by atoms with Crippen LogP contribution in [-0.4, -0.2) is 48.3 Å². The van der Waals surface area contributed by atoms with E-state index in [1.54, 1.807) is 7.11 Å². The summed E-state index contributed by atoms with van der Waals surface area (Å²) in [5.41, 5.74) is 4.66. The molecule has 0 unspecified atom stereocenters. The van der Waals surface area contributed by atoms with Crippen LogP contribution in [-0.2, 0) is 6.42 Å². The van der Waals surface area contributed by atoms with Crippen LogP contribution < -0.4 is 4.74 Å². The summed E-state index contributed by atoms with van der Waals surface area (Å²) in [5.74, 6) is 8.42. The first-order valence-electron chi connectivity index (χ1n) is 12.0. The van der Waals surface area contributed by atoms with Crippen molar-refractivity contribution in [1.29, 1.82) is 0 Å². The van der Waals surface area contributed by atoms with Crippen LogP contribution in [0.4, 0.5) is 0 Å². The highest BCUT2D eigenvalue weighted by Gasteiger charge is 2.28. The molecular weight excluding hydrogens is 408 g/mol. The Kier molecular flexibility index (Phi) is 7.99. The predicted octanol–water partition coefficient (Wildman–Crippen LogP) is 4.86. The molecule has 2 aromatic carbocycles. The molecule has 3 aromatic rings. The number of pyridine rings is 1. The minimum absolute atomic E-state index is 0.252. The van der Waals surface area contributed by atoms with Crippen molar-refractivity contribution in [3.05, 3.63) is 71.4 Å². The van der Waals surface area contributed by atoms with Gasteiger partial charge in [0.25, 0.3) is 0 Å². The second-order valence-electron chi connectivity index (χ2n) is 9.09. The van der Waals surface area contributed by atoms with Gasteiger partial charge >= 0.3 is 0 Å². The fraction of sp³-hybridized carbons (Fsp3) is 0.414. The molecule has 2 atom stereocenters. The molecule has 4 rings (SSSR count). The van der Waals surface area contributed by atoms with Crippen molar-refractivity contribution in [3.8, 4) is 17.6 Å². The zero-order chi connectivity index (χ0) is 23.0. The minimum Gasteiger partial charge on any atom is -0.497 e. The first kappa shape index (κ1) is 23.3. The van der Waals surface area contributed by atoms with E-state index in [9.17, 15) is 5.11 Å². The van der Waals surface area contributed by atoms with Crippen LogP contribution in [0.3, 0.4) is 0 Å². The SMILES string of the molecule is COc1ccc2nccc(CCC[C@@H]3CCN(CC#Cc4ccccc4C)C[C@@H]3CO)c2c1. The smallest absolute Gasteiger partial charge is 0.119 e. The van der Waals surface area contributed by atoms with Gasteiger partial charge in [0.15, 0.2) is 0 Å². The molecule has 0 radical (unpaired) electrons. The van der Waals surface area contributed by atoms with E-state index in [0.717, 1.165) is 62.1 Å². The number of aliphatic hydroxyl groups is 1. The van der Waals surface area contributed by atoms with Crippen LogP contribution in [0.25, 0.3) is 10.9 Å². The highest BCUT2D eigenvalue weighted by Crippen LogP contribution is 2.29. The predicted molar refractivity (Wildman–Crippen MR) is 134 cm³/mol. The Hall–Kier alpha value is -2.87. The molecule has 1 fully saturated rings. The van der Waals surface area contributed by atoms with E-state index in [0.29, 0.717) is 11.8 Å². The summed E-state index contributed by atoms with van der Waals surface area (Å²) >= 11 is 0. The van der Waals surface area contributed by atoms with Crippen molar-refractivity contribution < 1.29 is 9.84 Å². The molecule has 0 amide bonds.